The van der Waals surface area contributed by atoms with Gasteiger partial charge in [0.15, 0.2) is 5.84 Å². The van der Waals surface area contributed by atoms with Gasteiger partial charge >= 0.3 is 0 Å². The predicted molar refractivity (Wildman–Crippen MR) is 57.7 cm³/mol. The quantitative estimate of drug-likeness (QED) is 0.248. The number of nitro groups is 1. The lowest BCUT2D eigenvalue weighted by Gasteiger charge is -2.14. The maximum atomic E-state index is 10.6. The third kappa shape index (κ3) is 2.16. The number of hydrogen-bond donors (Lipinski definition) is 2. The Morgan fingerprint density at radius 2 is 2.31 bits per heavy atom. The molecule has 1 aromatic heterocycles. The molecular weight excluding hydrogens is 214 g/mol. The molecule has 86 valence electrons. The summed E-state index contributed by atoms with van der Waals surface area (Å²) in [7, 11) is 3.39. The highest BCUT2D eigenvalue weighted by Crippen LogP contribution is 2.20. The van der Waals surface area contributed by atoms with Crippen molar-refractivity contribution >= 4 is 17.3 Å². The molecule has 1 rings (SSSR count). The van der Waals surface area contributed by atoms with Crippen LogP contribution in [0.2, 0.25) is 0 Å². The van der Waals surface area contributed by atoms with Crippen molar-refractivity contribution in [2.75, 3.05) is 19.0 Å². The highest BCUT2D eigenvalue weighted by molar-refractivity contribution is 6.01. The van der Waals surface area contributed by atoms with Crippen LogP contribution in [0.4, 0.5) is 11.5 Å². The summed E-state index contributed by atoms with van der Waals surface area (Å²) in [5, 5.41) is 21.9. The van der Waals surface area contributed by atoms with Crippen LogP contribution in [0.3, 0.4) is 0 Å². The van der Waals surface area contributed by atoms with Gasteiger partial charge in [-0.2, -0.15) is 0 Å². The number of aromatic nitrogens is 1. The number of amidine groups is 1. The molecule has 0 aliphatic carbocycles. The van der Waals surface area contributed by atoms with Crippen molar-refractivity contribution in [3.05, 3.63) is 27.9 Å². The number of rotatable bonds is 3. The van der Waals surface area contributed by atoms with E-state index < -0.39 is 4.92 Å². The summed E-state index contributed by atoms with van der Waals surface area (Å²) in [6, 6.07) is 1.21. The maximum Gasteiger partial charge on any atom is 0.288 e. The molecule has 0 atom stereocenters. The Morgan fingerprint density at radius 3 is 2.75 bits per heavy atom. The molecule has 0 radical (unpaired) electrons. The lowest BCUT2D eigenvalue weighted by atomic mass is 10.2. The first kappa shape index (κ1) is 11.7. The Kier molecular flexibility index (Phi) is 3.24. The van der Waals surface area contributed by atoms with E-state index in [0.717, 1.165) is 6.20 Å². The van der Waals surface area contributed by atoms with Gasteiger partial charge in [0, 0.05) is 20.2 Å². The fraction of sp³-hybridized carbons (Fsp3) is 0.250. The smallest absolute Gasteiger partial charge is 0.288 e. The standard InChI is InChI=1S/C8H11N5O3/c1-12(2)8-6(7(9)11-14)3-5(4-10-8)13(15)16/h3-4,14H,1-2H3,(H2,9,11). The van der Waals surface area contributed by atoms with Gasteiger partial charge in [-0.3, -0.25) is 10.1 Å². The third-order valence-electron chi connectivity index (χ3n) is 1.87. The summed E-state index contributed by atoms with van der Waals surface area (Å²) < 4.78 is 0. The van der Waals surface area contributed by atoms with Gasteiger partial charge in [-0.15, -0.1) is 0 Å². The van der Waals surface area contributed by atoms with Gasteiger partial charge in [-0.25, -0.2) is 4.98 Å². The van der Waals surface area contributed by atoms with Gasteiger partial charge < -0.3 is 15.8 Å². The average molecular weight is 225 g/mol. The first-order valence-corrected chi connectivity index (χ1v) is 4.27. The number of oxime groups is 1. The molecule has 0 spiro atoms. The van der Waals surface area contributed by atoms with Gasteiger partial charge in [0.2, 0.25) is 0 Å². The van der Waals surface area contributed by atoms with Crippen molar-refractivity contribution in [1.82, 2.24) is 4.98 Å². The molecule has 3 N–H and O–H groups in total. The molecule has 0 aliphatic rings. The molecule has 1 aromatic rings. The van der Waals surface area contributed by atoms with Crippen LogP contribution in [0.25, 0.3) is 0 Å². The van der Waals surface area contributed by atoms with Crippen LogP contribution < -0.4 is 10.6 Å². The molecular formula is C8H11N5O3. The van der Waals surface area contributed by atoms with Crippen LogP contribution in [0.5, 0.6) is 0 Å². The van der Waals surface area contributed by atoms with Crippen molar-refractivity contribution in [2.45, 2.75) is 0 Å². The molecule has 8 nitrogen and oxygen atoms in total. The molecule has 0 bridgehead atoms. The summed E-state index contributed by atoms with van der Waals surface area (Å²) in [5.74, 6) is 0.167. The van der Waals surface area contributed by atoms with Crippen LogP contribution in [0, 0.1) is 10.1 Å². The van der Waals surface area contributed by atoms with Crippen molar-refractivity contribution in [2.24, 2.45) is 10.9 Å². The summed E-state index contributed by atoms with van der Waals surface area (Å²) in [6.45, 7) is 0. The molecule has 0 saturated carbocycles. The zero-order valence-electron chi connectivity index (χ0n) is 8.78. The predicted octanol–water partition coefficient (Wildman–Crippen LogP) is 0.150. The molecule has 1 heterocycles. The SMILES string of the molecule is CN(C)c1ncc([N+](=O)[O-])cc1C(N)=NO. The minimum absolute atomic E-state index is 0.210. The van der Waals surface area contributed by atoms with E-state index >= 15 is 0 Å². The largest absolute Gasteiger partial charge is 0.409 e. The second kappa shape index (κ2) is 4.43. The topological polar surface area (TPSA) is 118 Å². The van der Waals surface area contributed by atoms with E-state index in [4.69, 9.17) is 10.9 Å². The highest BCUT2D eigenvalue weighted by atomic mass is 16.6. The Balaban J connectivity index is 3.38. The van der Waals surface area contributed by atoms with Crippen molar-refractivity contribution < 1.29 is 10.1 Å². The lowest BCUT2D eigenvalue weighted by molar-refractivity contribution is -0.385. The molecule has 0 unspecified atom stereocenters. The Bertz CT molecular complexity index is 443. The van der Waals surface area contributed by atoms with E-state index in [1.165, 1.54) is 6.07 Å². The highest BCUT2D eigenvalue weighted by Gasteiger charge is 2.16. The van der Waals surface area contributed by atoms with Crippen molar-refractivity contribution in [3.63, 3.8) is 0 Å². The maximum absolute atomic E-state index is 10.6. The Hall–Kier alpha value is -2.38. The molecule has 0 aromatic carbocycles. The second-order valence-electron chi connectivity index (χ2n) is 3.20. The van der Waals surface area contributed by atoms with Gasteiger partial charge in [-0.1, -0.05) is 5.16 Å². The van der Waals surface area contributed by atoms with Crippen LogP contribution >= 0.6 is 0 Å². The zero-order valence-corrected chi connectivity index (χ0v) is 8.78. The van der Waals surface area contributed by atoms with Crippen LogP contribution in [-0.2, 0) is 0 Å². The summed E-state index contributed by atoms with van der Waals surface area (Å²) in [6.07, 6.45) is 1.11. The molecule has 0 fully saturated rings. The fourth-order valence-corrected chi connectivity index (χ4v) is 1.15. The first-order chi connectivity index (χ1) is 7.47. The molecule has 0 aliphatic heterocycles. The van der Waals surface area contributed by atoms with Gasteiger partial charge in [-0.05, 0) is 0 Å². The van der Waals surface area contributed by atoms with Crippen LogP contribution in [-0.4, -0.2) is 35.0 Å². The van der Waals surface area contributed by atoms with Crippen molar-refractivity contribution in [1.29, 1.82) is 0 Å². The van der Waals surface area contributed by atoms with E-state index in [-0.39, 0.29) is 17.1 Å². The van der Waals surface area contributed by atoms with E-state index in [1.54, 1.807) is 19.0 Å². The van der Waals surface area contributed by atoms with Gasteiger partial charge in [0.05, 0.1) is 10.5 Å². The zero-order chi connectivity index (χ0) is 12.3. The van der Waals surface area contributed by atoms with E-state index in [0.29, 0.717) is 5.82 Å². The van der Waals surface area contributed by atoms with Crippen LogP contribution in [0.1, 0.15) is 5.56 Å². The fourth-order valence-electron chi connectivity index (χ4n) is 1.15. The third-order valence-corrected chi connectivity index (χ3v) is 1.87. The number of anilines is 1. The lowest BCUT2D eigenvalue weighted by Crippen LogP contribution is -2.21. The summed E-state index contributed by atoms with van der Waals surface area (Å²) in [5.41, 5.74) is 5.41. The normalized spacial score (nSPS) is 11.2. The van der Waals surface area contributed by atoms with Crippen molar-refractivity contribution in [3.8, 4) is 0 Å². The Labute approximate surface area is 91.1 Å². The monoisotopic (exact) mass is 225 g/mol. The van der Waals surface area contributed by atoms with E-state index in [2.05, 4.69) is 10.1 Å². The average Bonchev–Trinajstić information content (AvgIpc) is 2.26. The summed E-state index contributed by atoms with van der Waals surface area (Å²) in [4.78, 5) is 15.4. The van der Waals surface area contributed by atoms with Crippen LogP contribution in [0.15, 0.2) is 17.4 Å². The van der Waals surface area contributed by atoms with E-state index in [1.807, 2.05) is 0 Å². The first-order valence-electron chi connectivity index (χ1n) is 4.27. The minimum atomic E-state index is -0.597. The Morgan fingerprint density at radius 1 is 1.69 bits per heavy atom. The minimum Gasteiger partial charge on any atom is -0.409 e. The second-order valence-corrected chi connectivity index (χ2v) is 3.20. The summed E-state index contributed by atoms with van der Waals surface area (Å²) >= 11 is 0. The van der Waals surface area contributed by atoms with Gasteiger partial charge in [0.1, 0.15) is 12.0 Å². The molecule has 0 saturated heterocycles. The number of nitrogens with zero attached hydrogens (tertiary/aromatic N) is 4. The molecule has 16 heavy (non-hydrogen) atoms. The number of nitrogens with two attached hydrogens (primary N) is 1. The number of hydrogen-bond acceptors (Lipinski definition) is 6. The molecule has 8 heteroatoms. The molecule has 0 amide bonds. The number of pyridine rings is 1. The van der Waals surface area contributed by atoms with Gasteiger partial charge in [0.25, 0.3) is 5.69 Å². The van der Waals surface area contributed by atoms with E-state index in [9.17, 15) is 10.1 Å².